The molecule has 1 aliphatic heterocycles. The van der Waals surface area contributed by atoms with Crippen molar-refractivity contribution in [3.05, 3.63) is 71.9 Å². The van der Waals surface area contributed by atoms with E-state index in [1.807, 2.05) is 24.5 Å². The van der Waals surface area contributed by atoms with Gasteiger partial charge in [-0.15, -0.1) is 0 Å². The second kappa shape index (κ2) is 8.57. The molecule has 1 saturated heterocycles. The van der Waals surface area contributed by atoms with Crippen LogP contribution in [0.2, 0.25) is 0 Å². The van der Waals surface area contributed by atoms with Gasteiger partial charge in [0.25, 0.3) is 0 Å². The number of nitrogens with zero attached hydrogens (tertiary/aromatic N) is 4. The third-order valence-electron chi connectivity index (χ3n) is 5.53. The molecule has 5 nitrogen and oxygen atoms in total. The first-order chi connectivity index (χ1) is 13.8. The molecule has 3 aromatic rings. The number of aromatic nitrogens is 3. The average Bonchev–Trinajstić information content (AvgIpc) is 3.24. The molecule has 28 heavy (non-hydrogen) atoms. The van der Waals surface area contributed by atoms with Crippen LogP contribution in [0.15, 0.2) is 54.9 Å². The Morgan fingerprint density at radius 1 is 1.14 bits per heavy atom. The SMILES string of the molecule is CCc1nccn1-c1cccc([C@H]2CCCN(Cc3ccc(OC)cc3)C2)n1. The number of methoxy groups -OCH3 is 1. The van der Waals surface area contributed by atoms with Crippen molar-refractivity contribution >= 4 is 0 Å². The Morgan fingerprint density at radius 3 is 2.79 bits per heavy atom. The van der Waals surface area contributed by atoms with Gasteiger partial charge >= 0.3 is 0 Å². The highest BCUT2D eigenvalue weighted by Crippen LogP contribution is 2.27. The summed E-state index contributed by atoms with van der Waals surface area (Å²) in [6.45, 7) is 5.29. The highest BCUT2D eigenvalue weighted by atomic mass is 16.5. The van der Waals surface area contributed by atoms with E-state index in [0.717, 1.165) is 43.4 Å². The molecule has 0 bridgehead atoms. The molecule has 5 heteroatoms. The minimum atomic E-state index is 0.473. The van der Waals surface area contributed by atoms with E-state index in [0.29, 0.717) is 5.92 Å². The molecule has 0 radical (unpaired) electrons. The molecule has 0 aliphatic carbocycles. The zero-order valence-corrected chi connectivity index (χ0v) is 16.7. The van der Waals surface area contributed by atoms with Crippen molar-refractivity contribution in [2.45, 2.75) is 38.6 Å². The summed E-state index contributed by atoms with van der Waals surface area (Å²) in [4.78, 5) is 12.0. The Labute approximate surface area is 167 Å². The molecule has 4 rings (SSSR count). The van der Waals surface area contributed by atoms with Crippen LogP contribution in [-0.4, -0.2) is 39.6 Å². The van der Waals surface area contributed by atoms with E-state index < -0.39 is 0 Å². The molecular formula is C23H28N4O. The first kappa shape index (κ1) is 18.7. The number of hydrogen-bond acceptors (Lipinski definition) is 4. The predicted octanol–water partition coefficient (Wildman–Crippen LogP) is 4.22. The molecular weight excluding hydrogens is 348 g/mol. The molecule has 1 aromatic carbocycles. The summed E-state index contributed by atoms with van der Waals surface area (Å²) in [5.41, 5.74) is 2.52. The highest BCUT2D eigenvalue weighted by molar-refractivity contribution is 5.29. The van der Waals surface area contributed by atoms with E-state index in [1.54, 1.807) is 7.11 Å². The number of imidazole rings is 1. The lowest BCUT2D eigenvalue weighted by atomic mass is 9.94. The third-order valence-corrected chi connectivity index (χ3v) is 5.53. The lowest BCUT2D eigenvalue weighted by molar-refractivity contribution is 0.198. The lowest BCUT2D eigenvalue weighted by Crippen LogP contribution is -2.34. The number of rotatable bonds is 6. The highest BCUT2D eigenvalue weighted by Gasteiger charge is 2.23. The van der Waals surface area contributed by atoms with Crippen LogP contribution in [0.5, 0.6) is 5.75 Å². The fourth-order valence-corrected chi connectivity index (χ4v) is 4.04. The normalized spacial score (nSPS) is 17.6. The van der Waals surface area contributed by atoms with E-state index in [4.69, 9.17) is 9.72 Å². The molecule has 0 unspecified atom stereocenters. The predicted molar refractivity (Wildman–Crippen MR) is 111 cm³/mol. The van der Waals surface area contributed by atoms with Gasteiger partial charge in [-0.2, -0.15) is 0 Å². The zero-order valence-electron chi connectivity index (χ0n) is 16.7. The zero-order chi connectivity index (χ0) is 19.3. The molecule has 0 saturated carbocycles. The molecule has 3 heterocycles. The van der Waals surface area contributed by atoms with Gasteiger partial charge in [0, 0.05) is 43.5 Å². The Hall–Kier alpha value is -2.66. The van der Waals surface area contributed by atoms with E-state index in [-0.39, 0.29) is 0 Å². The van der Waals surface area contributed by atoms with Crippen molar-refractivity contribution in [1.82, 2.24) is 19.4 Å². The van der Waals surface area contributed by atoms with Gasteiger partial charge in [-0.3, -0.25) is 9.47 Å². The number of piperidine rings is 1. The quantitative estimate of drug-likeness (QED) is 0.646. The maximum absolute atomic E-state index is 5.26. The first-order valence-corrected chi connectivity index (χ1v) is 10.1. The number of ether oxygens (including phenoxy) is 1. The summed E-state index contributed by atoms with van der Waals surface area (Å²) in [6.07, 6.45) is 7.16. The number of likely N-dealkylation sites (tertiary alicyclic amines) is 1. The maximum Gasteiger partial charge on any atom is 0.138 e. The van der Waals surface area contributed by atoms with Gasteiger partial charge in [-0.05, 0) is 49.2 Å². The van der Waals surface area contributed by atoms with Crippen LogP contribution in [0, 0.1) is 0 Å². The van der Waals surface area contributed by atoms with E-state index in [1.165, 1.54) is 24.1 Å². The molecule has 0 N–H and O–H groups in total. The van der Waals surface area contributed by atoms with Crippen LogP contribution in [0.1, 0.15) is 42.8 Å². The van der Waals surface area contributed by atoms with Crippen molar-refractivity contribution in [3.63, 3.8) is 0 Å². The monoisotopic (exact) mass is 376 g/mol. The van der Waals surface area contributed by atoms with Crippen LogP contribution >= 0.6 is 0 Å². The molecule has 1 atom stereocenters. The summed E-state index contributed by atoms with van der Waals surface area (Å²) in [5.74, 6) is 3.40. The van der Waals surface area contributed by atoms with Crippen LogP contribution in [-0.2, 0) is 13.0 Å². The number of benzene rings is 1. The minimum Gasteiger partial charge on any atom is -0.497 e. The van der Waals surface area contributed by atoms with E-state index in [9.17, 15) is 0 Å². The molecule has 2 aromatic heterocycles. The third kappa shape index (κ3) is 4.09. The van der Waals surface area contributed by atoms with Gasteiger partial charge < -0.3 is 4.74 Å². The summed E-state index contributed by atoms with van der Waals surface area (Å²) in [5, 5.41) is 0. The van der Waals surface area contributed by atoms with E-state index >= 15 is 0 Å². The van der Waals surface area contributed by atoms with Gasteiger partial charge in [0.2, 0.25) is 0 Å². The summed E-state index contributed by atoms with van der Waals surface area (Å²) < 4.78 is 7.36. The summed E-state index contributed by atoms with van der Waals surface area (Å²) in [7, 11) is 1.71. The number of hydrogen-bond donors (Lipinski definition) is 0. The molecule has 0 spiro atoms. The van der Waals surface area contributed by atoms with Crippen LogP contribution in [0.3, 0.4) is 0 Å². The fourth-order valence-electron chi connectivity index (χ4n) is 4.04. The largest absolute Gasteiger partial charge is 0.497 e. The standard InChI is InChI=1S/C23H28N4O/c1-3-22-24-13-15-27(22)23-8-4-7-21(25-23)19-6-5-14-26(17-19)16-18-9-11-20(28-2)12-10-18/h4,7-13,15,19H,3,5-6,14,16-17H2,1-2H3/t19-/m0/s1. The second-order valence-electron chi connectivity index (χ2n) is 7.41. The van der Waals surface area contributed by atoms with Crippen molar-refractivity contribution in [2.75, 3.05) is 20.2 Å². The number of aryl methyl sites for hydroxylation is 1. The van der Waals surface area contributed by atoms with Gasteiger partial charge in [-0.25, -0.2) is 9.97 Å². The van der Waals surface area contributed by atoms with E-state index in [2.05, 4.69) is 51.7 Å². The van der Waals surface area contributed by atoms with Gasteiger partial charge in [0.1, 0.15) is 17.4 Å². The van der Waals surface area contributed by atoms with Crippen LogP contribution in [0.4, 0.5) is 0 Å². The van der Waals surface area contributed by atoms with Crippen molar-refractivity contribution < 1.29 is 4.74 Å². The second-order valence-corrected chi connectivity index (χ2v) is 7.41. The molecule has 1 aliphatic rings. The van der Waals surface area contributed by atoms with Crippen molar-refractivity contribution in [1.29, 1.82) is 0 Å². The van der Waals surface area contributed by atoms with Gasteiger partial charge in [0.15, 0.2) is 0 Å². The Bertz CT molecular complexity index is 903. The lowest BCUT2D eigenvalue weighted by Gasteiger charge is -2.32. The number of pyridine rings is 1. The average molecular weight is 377 g/mol. The fraction of sp³-hybridized carbons (Fsp3) is 0.391. The molecule has 0 amide bonds. The van der Waals surface area contributed by atoms with Gasteiger partial charge in [-0.1, -0.05) is 25.1 Å². The van der Waals surface area contributed by atoms with Crippen molar-refractivity contribution in [2.24, 2.45) is 0 Å². The molecule has 146 valence electrons. The molecule has 1 fully saturated rings. The van der Waals surface area contributed by atoms with Crippen LogP contribution in [0.25, 0.3) is 5.82 Å². The Kier molecular flexibility index (Phi) is 5.72. The smallest absolute Gasteiger partial charge is 0.138 e. The topological polar surface area (TPSA) is 43.2 Å². The summed E-state index contributed by atoms with van der Waals surface area (Å²) >= 11 is 0. The van der Waals surface area contributed by atoms with Gasteiger partial charge in [0.05, 0.1) is 7.11 Å². The maximum atomic E-state index is 5.26. The Morgan fingerprint density at radius 2 is 2.00 bits per heavy atom. The minimum absolute atomic E-state index is 0.473. The Balaban J connectivity index is 1.47. The first-order valence-electron chi connectivity index (χ1n) is 10.1. The van der Waals surface area contributed by atoms with Crippen molar-refractivity contribution in [3.8, 4) is 11.6 Å². The summed E-state index contributed by atoms with van der Waals surface area (Å²) in [6, 6.07) is 14.8. The van der Waals surface area contributed by atoms with Crippen LogP contribution < -0.4 is 4.74 Å².